The number of hydrogen-bond acceptors (Lipinski definition) is 4. The Hall–Kier alpha value is -3.23. The number of primary amides is 1. The minimum absolute atomic E-state index is 0.0915. The lowest BCUT2D eigenvalue weighted by atomic mass is 10.2. The van der Waals surface area contributed by atoms with E-state index >= 15 is 0 Å². The predicted molar refractivity (Wildman–Crippen MR) is 76.4 cm³/mol. The molecular formula is C15H12F2N3O4+. The van der Waals surface area contributed by atoms with E-state index in [2.05, 4.69) is 14.8 Å². The summed E-state index contributed by atoms with van der Waals surface area (Å²) < 4.78 is 35.9. The number of benzene rings is 1. The van der Waals surface area contributed by atoms with Gasteiger partial charge in [-0.3, -0.25) is 9.59 Å². The molecule has 1 aromatic carbocycles. The maximum absolute atomic E-state index is 12.9. The average Bonchev–Trinajstić information content (AvgIpc) is 2.80. The number of amides is 2. The van der Waals surface area contributed by atoms with Crippen molar-refractivity contribution in [3.05, 3.63) is 48.3 Å². The molecule has 2 heterocycles. The van der Waals surface area contributed by atoms with Crippen molar-refractivity contribution in [1.82, 2.24) is 0 Å². The number of nitrogens with two attached hydrogens (primary N) is 1. The number of rotatable bonds is 4. The van der Waals surface area contributed by atoms with Crippen molar-refractivity contribution in [2.75, 3.05) is 5.32 Å². The van der Waals surface area contributed by atoms with Gasteiger partial charge in [0.2, 0.25) is 6.54 Å². The molecule has 2 amide bonds. The van der Waals surface area contributed by atoms with E-state index in [1.807, 2.05) is 0 Å². The van der Waals surface area contributed by atoms with E-state index in [1.54, 1.807) is 12.3 Å². The smallest absolute Gasteiger partial charge is 0.395 e. The summed E-state index contributed by atoms with van der Waals surface area (Å²) in [7, 11) is 0. The summed E-state index contributed by atoms with van der Waals surface area (Å²) in [6, 6.07) is 7.02. The molecule has 0 bridgehead atoms. The quantitative estimate of drug-likeness (QED) is 0.816. The Labute approximate surface area is 134 Å². The molecule has 9 heteroatoms. The summed E-state index contributed by atoms with van der Waals surface area (Å²) in [5.41, 5.74) is 5.70. The van der Waals surface area contributed by atoms with Gasteiger partial charge in [0.15, 0.2) is 23.9 Å². The molecular weight excluding hydrogens is 324 g/mol. The van der Waals surface area contributed by atoms with Gasteiger partial charge >= 0.3 is 6.29 Å². The molecule has 3 N–H and O–H groups in total. The van der Waals surface area contributed by atoms with Crippen LogP contribution in [0, 0.1) is 0 Å². The highest BCUT2D eigenvalue weighted by molar-refractivity contribution is 5.92. The Balaban J connectivity index is 1.68. The molecule has 0 aliphatic carbocycles. The standard InChI is InChI=1S/C15H11F2N3O4/c16-15(17)23-11-4-3-10(6-12(11)24-15)19-13(21)8-20-5-1-2-9(7-20)14(18)22/h1-7H,8H2,(H2-,18,19,21,22)/p+1. The lowest BCUT2D eigenvalue weighted by molar-refractivity contribution is -0.684. The topological polar surface area (TPSA) is 94.5 Å². The van der Waals surface area contributed by atoms with Gasteiger partial charge < -0.3 is 20.5 Å². The number of aromatic nitrogens is 1. The van der Waals surface area contributed by atoms with Crippen molar-refractivity contribution in [3.63, 3.8) is 0 Å². The third-order valence-corrected chi connectivity index (χ3v) is 3.15. The van der Waals surface area contributed by atoms with Gasteiger partial charge in [0.25, 0.3) is 11.8 Å². The normalized spacial score (nSPS) is 14.2. The zero-order valence-electron chi connectivity index (χ0n) is 12.2. The highest BCUT2D eigenvalue weighted by atomic mass is 19.3. The number of nitrogens with one attached hydrogen (secondary N) is 1. The van der Waals surface area contributed by atoms with Crippen molar-refractivity contribution in [1.29, 1.82) is 0 Å². The van der Waals surface area contributed by atoms with Crippen molar-refractivity contribution in [2.24, 2.45) is 5.73 Å². The Morgan fingerprint density at radius 3 is 2.71 bits per heavy atom. The number of carbonyl (C=O) groups is 2. The predicted octanol–water partition coefficient (Wildman–Crippen LogP) is 1.03. The fraction of sp³-hybridized carbons (Fsp3) is 0.133. The van der Waals surface area contributed by atoms with Crippen LogP contribution in [-0.2, 0) is 11.3 Å². The van der Waals surface area contributed by atoms with Crippen LogP contribution in [-0.4, -0.2) is 18.1 Å². The molecule has 3 rings (SSSR count). The molecule has 24 heavy (non-hydrogen) atoms. The van der Waals surface area contributed by atoms with Crippen LogP contribution in [0.15, 0.2) is 42.7 Å². The molecule has 0 atom stereocenters. The highest BCUT2D eigenvalue weighted by Crippen LogP contribution is 2.42. The molecule has 124 valence electrons. The zero-order chi connectivity index (χ0) is 17.3. The van der Waals surface area contributed by atoms with Crippen molar-refractivity contribution in [3.8, 4) is 11.5 Å². The fourth-order valence-corrected chi connectivity index (χ4v) is 2.16. The summed E-state index contributed by atoms with van der Waals surface area (Å²) in [4.78, 5) is 23.1. The highest BCUT2D eigenvalue weighted by Gasteiger charge is 2.43. The monoisotopic (exact) mass is 336 g/mol. The van der Waals surface area contributed by atoms with E-state index < -0.39 is 18.1 Å². The Morgan fingerprint density at radius 2 is 1.96 bits per heavy atom. The van der Waals surface area contributed by atoms with Gasteiger partial charge in [0.1, 0.15) is 5.56 Å². The number of ether oxygens (including phenoxy) is 2. The van der Waals surface area contributed by atoms with Crippen LogP contribution in [0.4, 0.5) is 14.5 Å². The van der Waals surface area contributed by atoms with Crippen molar-refractivity contribution in [2.45, 2.75) is 12.8 Å². The molecule has 7 nitrogen and oxygen atoms in total. The van der Waals surface area contributed by atoms with E-state index in [9.17, 15) is 18.4 Å². The van der Waals surface area contributed by atoms with Gasteiger partial charge in [-0.05, 0) is 18.2 Å². The lowest BCUT2D eigenvalue weighted by Gasteiger charge is -2.05. The van der Waals surface area contributed by atoms with Gasteiger partial charge in [-0.25, -0.2) is 0 Å². The Bertz CT molecular complexity index is 826. The number of alkyl halides is 2. The van der Waals surface area contributed by atoms with Crippen LogP contribution in [0.1, 0.15) is 10.4 Å². The number of carbonyl (C=O) groups excluding carboxylic acids is 2. The van der Waals surface area contributed by atoms with Crippen LogP contribution >= 0.6 is 0 Å². The van der Waals surface area contributed by atoms with Gasteiger partial charge in [-0.2, -0.15) is 4.57 Å². The second-order valence-electron chi connectivity index (χ2n) is 5.01. The van der Waals surface area contributed by atoms with Gasteiger partial charge in [0.05, 0.1) is 0 Å². The molecule has 0 spiro atoms. The number of hydrogen-bond donors (Lipinski definition) is 2. The summed E-state index contributed by atoms with van der Waals surface area (Å²) in [6.07, 6.45) is -0.690. The first-order valence-electron chi connectivity index (χ1n) is 6.81. The molecule has 0 saturated heterocycles. The summed E-state index contributed by atoms with van der Waals surface area (Å²) in [5, 5.41) is 2.54. The Kier molecular flexibility index (Phi) is 3.76. The second-order valence-corrected chi connectivity index (χ2v) is 5.01. The maximum Gasteiger partial charge on any atom is 0.586 e. The maximum atomic E-state index is 12.9. The summed E-state index contributed by atoms with van der Waals surface area (Å²) >= 11 is 0. The van der Waals surface area contributed by atoms with E-state index in [1.165, 1.54) is 35.0 Å². The van der Waals surface area contributed by atoms with Crippen molar-refractivity contribution < 1.29 is 32.4 Å². The fourth-order valence-electron chi connectivity index (χ4n) is 2.16. The average molecular weight is 336 g/mol. The van der Waals surface area contributed by atoms with Crippen LogP contribution < -0.4 is 25.1 Å². The van der Waals surface area contributed by atoms with E-state index in [0.717, 1.165) is 0 Å². The third-order valence-electron chi connectivity index (χ3n) is 3.15. The Morgan fingerprint density at radius 1 is 1.21 bits per heavy atom. The largest absolute Gasteiger partial charge is 0.586 e. The van der Waals surface area contributed by atoms with Crippen LogP contribution in [0.25, 0.3) is 0 Å². The number of pyridine rings is 1. The first kappa shape index (κ1) is 15.7. The van der Waals surface area contributed by atoms with Gasteiger partial charge in [0, 0.05) is 17.8 Å². The number of anilines is 1. The SMILES string of the molecule is NC(=O)c1ccc[n+](CC(=O)Nc2ccc3c(c2)OC(F)(F)O3)c1. The van der Waals surface area contributed by atoms with Gasteiger partial charge in [-0.15, -0.1) is 8.78 Å². The summed E-state index contributed by atoms with van der Waals surface area (Å²) in [6.45, 7) is -0.0915. The molecule has 0 unspecified atom stereocenters. The second kappa shape index (κ2) is 5.76. The van der Waals surface area contributed by atoms with Crippen LogP contribution in [0.3, 0.4) is 0 Å². The molecule has 0 fully saturated rings. The minimum atomic E-state index is -3.71. The molecule has 1 aliphatic heterocycles. The number of fused-ring (bicyclic) bond motifs is 1. The summed E-state index contributed by atoms with van der Waals surface area (Å²) in [5.74, 6) is -1.31. The van der Waals surface area contributed by atoms with E-state index in [4.69, 9.17) is 5.73 Å². The number of halogens is 2. The third kappa shape index (κ3) is 3.40. The lowest BCUT2D eigenvalue weighted by Crippen LogP contribution is -2.40. The van der Waals surface area contributed by atoms with E-state index in [-0.39, 0.29) is 29.3 Å². The minimum Gasteiger partial charge on any atom is -0.395 e. The first-order chi connectivity index (χ1) is 11.3. The van der Waals surface area contributed by atoms with Crippen molar-refractivity contribution >= 4 is 17.5 Å². The first-order valence-corrected chi connectivity index (χ1v) is 6.81. The number of nitrogens with zero attached hydrogens (tertiary/aromatic N) is 1. The van der Waals surface area contributed by atoms with Gasteiger partial charge in [-0.1, -0.05) is 0 Å². The zero-order valence-corrected chi connectivity index (χ0v) is 12.2. The molecule has 1 aliphatic rings. The molecule has 2 aromatic rings. The van der Waals surface area contributed by atoms with Crippen LogP contribution in [0.2, 0.25) is 0 Å². The molecule has 1 aromatic heterocycles. The van der Waals surface area contributed by atoms with E-state index in [0.29, 0.717) is 0 Å². The molecule has 0 radical (unpaired) electrons. The molecule has 0 saturated carbocycles. The van der Waals surface area contributed by atoms with Crippen LogP contribution in [0.5, 0.6) is 11.5 Å².